The predicted octanol–water partition coefficient (Wildman–Crippen LogP) is 3.29. The van der Waals surface area contributed by atoms with E-state index in [1.165, 1.54) is 16.2 Å². The van der Waals surface area contributed by atoms with Gasteiger partial charge in [-0.05, 0) is 57.7 Å². The molecule has 3 nitrogen and oxygen atoms in total. The van der Waals surface area contributed by atoms with Crippen LogP contribution in [0.1, 0.15) is 41.5 Å². The number of hydrogen-bond donors (Lipinski definition) is 1. The summed E-state index contributed by atoms with van der Waals surface area (Å²) >= 11 is 1.92. The molecule has 4 heteroatoms. The molecule has 2 aliphatic rings. The number of ether oxygens (including phenoxy) is 2. The molecule has 1 aromatic heterocycles. The van der Waals surface area contributed by atoms with Crippen molar-refractivity contribution in [2.45, 2.75) is 44.2 Å². The number of rotatable bonds is 3. The van der Waals surface area contributed by atoms with Gasteiger partial charge >= 0.3 is 0 Å². The molecule has 112 valence electrons. The van der Waals surface area contributed by atoms with Crippen LogP contribution in [0.2, 0.25) is 0 Å². The van der Waals surface area contributed by atoms with E-state index in [2.05, 4.69) is 31.4 Å². The summed E-state index contributed by atoms with van der Waals surface area (Å²) in [6.07, 6.45) is 4.44. The Hall–Kier alpha value is -0.420. The molecule has 1 aromatic rings. The SMILES string of the molecule is CNC(c1ccc(C)s1)C1CCOC2(CCOCC2)C1. The van der Waals surface area contributed by atoms with Crippen LogP contribution in [0.5, 0.6) is 0 Å². The van der Waals surface area contributed by atoms with Crippen molar-refractivity contribution in [3.8, 4) is 0 Å². The highest BCUT2D eigenvalue weighted by atomic mass is 32.1. The van der Waals surface area contributed by atoms with Crippen molar-refractivity contribution in [3.63, 3.8) is 0 Å². The molecule has 2 atom stereocenters. The van der Waals surface area contributed by atoms with Crippen LogP contribution in [0, 0.1) is 12.8 Å². The quantitative estimate of drug-likeness (QED) is 0.928. The summed E-state index contributed by atoms with van der Waals surface area (Å²) in [6.45, 7) is 4.79. The minimum absolute atomic E-state index is 0.0859. The van der Waals surface area contributed by atoms with Crippen LogP contribution in [0.25, 0.3) is 0 Å². The topological polar surface area (TPSA) is 30.5 Å². The summed E-state index contributed by atoms with van der Waals surface area (Å²) in [7, 11) is 2.09. The van der Waals surface area contributed by atoms with E-state index in [1.54, 1.807) is 0 Å². The summed E-state index contributed by atoms with van der Waals surface area (Å²) in [4.78, 5) is 2.87. The summed E-state index contributed by atoms with van der Waals surface area (Å²) in [6, 6.07) is 4.98. The average Bonchev–Trinajstić information content (AvgIpc) is 2.87. The zero-order chi connectivity index (χ0) is 14.0. The van der Waals surface area contributed by atoms with Crippen molar-refractivity contribution < 1.29 is 9.47 Å². The summed E-state index contributed by atoms with van der Waals surface area (Å²) in [5.41, 5.74) is 0.0859. The molecule has 0 saturated carbocycles. The fourth-order valence-electron chi connectivity index (χ4n) is 3.67. The molecule has 3 rings (SSSR count). The van der Waals surface area contributed by atoms with E-state index in [0.717, 1.165) is 39.1 Å². The van der Waals surface area contributed by atoms with Gasteiger partial charge in [0.15, 0.2) is 0 Å². The fourth-order valence-corrected chi connectivity index (χ4v) is 4.75. The second kappa shape index (κ2) is 6.14. The first-order chi connectivity index (χ1) is 9.72. The Balaban J connectivity index is 1.74. The third-order valence-electron chi connectivity index (χ3n) is 4.79. The Bertz CT molecular complexity index is 434. The second-order valence-corrected chi connectivity index (χ2v) is 7.43. The van der Waals surface area contributed by atoms with E-state index >= 15 is 0 Å². The minimum atomic E-state index is 0.0859. The van der Waals surface area contributed by atoms with Crippen LogP contribution >= 0.6 is 11.3 Å². The second-order valence-electron chi connectivity index (χ2n) is 6.11. The van der Waals surface area contributed by atoms with Gasteiger partial charge in [-0.25, -0.2) is 0 Å². The molecule has 2 saturated heterocycles. The van der Waals surface area contributed by atoms with Gasteiger partial charge in [0.1, 0.15) is 0 Å². The van der Waals surface area contributed by atoms with Crippen molar-refractivity contribution in [2.24, 2.45) is 5.92 Å². The number of nitrogens with one attached hydrogen (secondary N) is 1. The summed E-state index contributed by atoms with van der Waals surface area (Å²) in [5.74, 6) is 0.671. The van der Waals surface area contributed by atoms with Crippen LogP contribution in [0.15, 0.2) is 12.1 Å². The van der Waals surface area contributed by atoms with Gasteiger partial charge in [-0.2, -0.15) is 0 Å². The van der Waals surface area contributed by atoms with Crippen molar-refractivity contribution in [1.82, 2.24) is 5.32 Å². The zero-order valence-corrected chi connectivity index (χ0v) is 13.3. The van der Waals surface area contributed by atoms with Gasteiger partial charge in [0.25, 0.3) is 0 Å². The molecular weight excluding hydrogens is 270 g/mol. The standard InChI is InChI=1S/C16H25NO2S/c1-12-3-4-14(20-12)15(17-2)13-5-8-19-16(11-13)6-9-18-10-7-16/h3-4,13,15,17H,5-11H2,1-2H3. The van der Waals surface area contributed by atoms with Gasteiger partial charge in [-0.1, -0.05) is 0 Å². The van der Waals surface area contributed by atoms with E-state index < -0.39 is 0 Å². The molecule has 0 aliphatic carbocycles. The molecule has 1 spiro atoms. The number of thiophene rings is 1. The Labute approximate surface area is 125 Å². The van der Waals surface area contributed by atoms with Gasteiger partial charge in [0.05, 0.1) is 5.60 Å². The molecule has 0 aromatic carbocycles. The molecule has 2 fully saturated rings. The van der Waals surface area contributed by atoms with Crippen LogP contribution in [0.3, 0.4) is 0 Å². The molecule has 1 N–H and O–H groups in total. The van der Waals surface area contributed by atoms with Crippen LogP contribution in [0.4, 0.5) is 0 Å². The fraction of sp³-hybridized carbons (Fsp3) is 0.750. The van der Waals surface area contributed by atoms with Gasteiger partial charge < -0.3 is 14.8 Å². The van der Waals surface area contributed by atoms with Gasteiger partial charge in [-0.3, -0.25) is 0 Å². The molecule has 2 unspecified atom stereocenters. The first kappa shape index (κ1) is 14.5. The monoisotopic (exact) mass is 295 g/mol. The van der Waals surface area contributed by atoms with E-state index in [1.807, 2.05) is 11.3 Å². The largest absolute Gasteiger partial charge is 0.381 e. The molecule has 2 aliphatic heterocycles. The Kier molecular flexibility index (Phi) is 4.46. The highest BCUT2D eigenvalue weighted by Gasteiger charge is 2.41. The molecule has 0 bridgehead atoms. The van der Waals surface area contributed by atoms with E-state index in [0.29, 0.717) is 12.0 Å². The Morgan fingerprint density at radius 2 is 2.10 bits per heavy atom. The third kappa shape index (κ3) is 2.93. The maximum atomic E-state index is 6.17. The molecule has 0 amide bonds. The first-order valence-corrected chi connectivity index (χ1v) is 8.49. The van der Waals surface area contributed by atoms with E-state index in [-0.39, 0.29) is 5.60 Å². The van der Waals surface area contributed by atoms with Gasteiger partial charge in [-0.15, -0.1) is 11.3 Å². The molecular formula is C16H25NO2S. The van der Waals surface area contributed by atoms with Crippen LogP contribution in [-0.2, 0) is 9.47 Å². The lowest BCUT2D eigenvalue weighted by atomic mass is 9.77. The van der Waals surface area contributed by atoms with Crippen LogP contribution in [-0.4, -0.2) is 32.5 Å². The lowest BCUT2D eigenvalue weighted by molar-refractivity contribution is -0.150. The third-order valence-corrected chi connectivity index (χ3v) is 5.87. The van der Waals surface area contributed by atoms with Crippen molar-refractivity contribution >= 4 is 11.3 Å². The van der Waals surface area contributed by atoms with Gasteiger partial charge in [0.2, 0.25) is 0 Å². The number of hydrogen-bond acceptors (Lipinski definition) is 4. The normalized spacial score (nSPS) is 27.6. The first-order valence-electron chi connectivity index (χ1n) is 7.68. The average molecular weight is 295 g/mol. The molecule has 0 radical (unpaired) electrons. The lowest BCUT2D eigenvalue weighted by Crippen LogP contribution is -2.46. The van der Waals surface area contributed by atoms with Crippen molar-refractivity contribution in [2.75, 3.05) is 26.9 Å². The van der Waals surface area contributed by atoms with Crippen molar-refractivity contribution in [3.05, 3.63) is 21.9 Å². The van der Waals surface area contributed by atoms with E-state index in [9.17, 15) is 0 Å². The minimum Gasteiger partial charge on any atom is -0.381 e. The highest BCUT2D eigenvalue weighted by Crippen LogP contribution is 2.42. The number of aryl methyl sites for hydroxylation is 1. The Morgan fingerprint density at radius 3 is 2.75 bits per heavy atom. The Morgan fingerprint density at radius 1 is 1.30 bits per heavy atom. The zero-order valence-electron chi connectivity index (χ0n) is 12.5. The summed E-state index contributed by atoms with van der Waals surface area (Å²) in [5, 5.41) is 3.55. The maximum Gasteiger partial charge on any atom is 0.0729 e. The molecule has 20 heavy (non-hydrogen) atoms. The lowest BCUT2D eigenvalue weighted by Gasteiger charge is -2.45. The highest BCUT2D eigenvalue weighted by molar-refractivity contribution is 7.12. The van der Waals surface area contributed by atoms with Gasteiger partial charge in [0, 0.05) is 35.6 Å². The maximum absolute atomic E-state index is 6.17. The van der Waals surface area contributed by atoms with Crippen LogP contribution < -0.4 is 5.32 Å². The predicted molar refractivity (Wildman–Crippen MR) is 82.3 cm³/mol. The summed E-state index contributed by atoms with van der Waals surface area (Å²) < 4.78 is 11.7. The van der Waals surface area contributed by atoms with E-state index in [4.69, 9.17) is 9.47 Å². The molecule has 3 heterocycles. The van der Waals surface area contributed by atoms with Crippen molar-refractivity contribution in [1.29, 1.82) is 0 Å². The smallest absolute Gasteiger partial charge is 0.0729 e.